The summed E-state index contributed by atoms with van der Waals surface area (Å²) in [5.74, 6) is -4.51. The van der Waals surface area contributed by atoms with Crippen LogP contribution in [-0.4, -0.2) is 133 Å². The van der Waals surface area contributed by atoms with Crippen LogP contribution in [0.2, 0.25) is 0 Å². The van der Waals surface area contributed by atoms with Crippen molar-refractivity contribution >= 4 is 46.3 Å². The Morgan fingerprint density at radius 1 is 0.761 bits per heavy atom. The van der Waals surface area contributed by atoms with Gasteiger partial charge < -0.3 is 67.8 Å². The molecule has 13 N–H and O–H groups in total. The zero-order valence-electron chi connectivity index (χ0n) is 37.4. The lowest BCUT2D eigenvalue weighted by atomic mass is 9.97. The van der Waals surface area contributed by atoms with Gasteiger partial charge >= 0.3 is 0 Å². The molecular formula is C48H62N8O11. The Morgan fingerprint density at radius 3 is 2.13 bits per heavy atom. The first-order valence-corrected chi connectivity index (χ1v) is 22.8. The second-order valence-electron chi connectivity index (χ2n) is 17.3. The normalized spacial score (nSPS) is 22.3. The highest BCUT2D eigenvalue weighted by Gasteiger charge is 2.47. The van der Waals surface area contributed by atoms with Gasteiger partial charge in [0.05, 0.1) is 6.04 Å². The number of amides is 6. The van der Waals surface area contributed by atoms with Gasteiger partial charge in [0.2, 0.25) is 35.4 Å². The highest BCUT2D eigenvalue weighted by atomic mass is 16.6. The van der Waals surface area contributed by atoms with E-state index >= 15 is 0 Å². The van der Waals surface area contributed by atoms with Gasteiger partial charge in [-0.25, -0.2) is 0 Å². The first-order valence-electron chi connectivity index (χ1n) is 22.8. The molecule has 2 saturated heterocycles. The van der Waals surface area contributed by atoms with Crippen molar-refractivity contribution in [3.63, 3.8) is 0 Å². The standard InChI is InChI=1S/C48H62N8O11/c1-2-3-4-8-15-32(49)43(62)54-36(24-28-18-20-30(57)21-19-28)48(66)56-22-11-17-37(56)46(65)53-35(25-29-26-51-33-16-10-9-14-31(29)33)44(63)52-34(23-27-12-6-5-7-13-27)45(64)55-47-40(60)38(58)39(59)41(67-47)42(50)61/h5-7,9-10,12-14,16,18-21,26,32,34-41,47,51,57-60H,2-4,8,11,15,17,22-25,49H2,1H3,(H2,50,61)(H,52,63)(H,53,65)(H,54,62)(H,55,64)/t32?,34-,35-,36-,37-,38-,39-,40+,41-,47+/m0/s1. The van der Waals surface area contributed by atoms with E-state index < -0.39 is 96.3 Å². The van der Waals surface area contributed by atoms with E-state index in [1.807, 2.05) is 24.3 Å². The second kappa shape index (κ2) is 23.4. The van der Waals surface area contributed by atoms with Crippen molar-refractivity contribution in [2.45, 2.75) is 132 Å². The molecule has 0 spiro atoms. The van der Waals surface area contributed by atoms with Crippen LogP contribution >= 0.6 is 0 Å². The molecule has 0 aliphatic carbocycles. The van der Waals surface area contributed by atoms with Crippen molar-refractivity contribution in [1.82, 2.24) is 31.2 Å². The predicted molar refractivity (Wildman–Crippen MR) is 245 cm³/mol. The number of likely N-dealkylation sites (tertiary alicyclic amines) is 1. The lowest BCUT2D eigenvalue weighted by Crippen LogP contribution is -2.66. The van der Waals surface area contributed by atoms with Crippen LogP contribution < -0.4 is 32.7 Å². The maximum absolute atomic E-state index is 14.6. The molecule has 1 unspecified atom stereocenters. The van der Waals surface area contributed by atoms with Gasteiger partial charge in [-0.3, -0.25) is 28.8 Å². The average molecular weight is 927 g/mol. The van der Waals surface area contributed by atoms with E-state index in [2.05, 4.69) is 33.2 Å². The first-order chi connectivity index (χ1) is 32.1. The predicted octanol–water partition coefficient (Wildman–Crippen LogP) is 0.0536. The molecular weight excluding hydrogens is 865 g/mol. The third-order valence-corrected chi connectivity index (χ3v) is 12.4. The van der Waals surface area contributed by atoms with Gasteiger partial charge in [0.15, 0.2) is 12.3 Å². The quantitative estimate of drug-likeness (QED) is 0.0495. The van der Waals surface area contributed by atoms with Crippen LogP contribution in [0, 0.1) is 0 Å². The van der Waals surface area contributed by atoms with Gasteiger partial charge in [-0.05, 0) is 54.2 Å². The number of nitrogens with two attached hydrogens (primary N) is 2. The van der Waals surface area contributed by atoms with E-state index in [4.69, 9.17) is 16.2 Å². The summed E-state index contributed by atoms with van der Waals surface area (Å²) in [5.41, 5.74) is 14.3. The molecule has 360 valence electrons. The number of ether oxygens (including phenoxy) is 1. The number of primary amides is 1. The van der Waals surface area contributed by atoms with Crippen LogP contribution in [0.25, 0.3) is 10.9 Å². The Bertz CT molecular complexity index is 2330. The number of benzene rings is 3. The van der Waals surface area contributed by atoms with Gasteiger partial charge in [0.25, 0.3) is 0 Å². The van der Waals surface area contributed by atoms with Crippen molar-refractivity contribution in [3.05, 3.63) is 102 Å². The lowest BCUT2D eigenvalue weighted by Gasteiger charge is -2.39. The Kier molecular flexibility index (Phi) is 17.5. The topological polar surface area (TPSA) is 312 Å². The lowest BCUT2D eigenvalue weighted by molar-refractivity contribution is -0.226. The third kappa shape index (κ3) is 13.0. The van der Waals surface area contributed by atoms with Crippen molar-refractivity contribution in [2.75, 3.05) is 6.54 Å². The molecule has 67 heavy (non-hydrogen) atoms. The summed E-state index contributed by atoms with van der Waals surface area (Å²) in [6, 6.07) is 16.5. The number of aromatic hydroxyl groups is 1. The fourth-order valence-electron chi connectivity index (χ4n) is 8.58. The number of rotatable bonds is 21. The highest BCUT2D eigenvalue weighted by molar-refractivity contribution is 5.97. The SMILES string of the molecule is CCCCCCC(N)C(=O)N[C@@H](Cc1ccc(O)cc1)C(=O)N1CCC[C@H]1C(=O)N[C@@H](Cc1c[nH]c2ccccc12)C(=O)N[C@@H](Cc1ccccc1)C(=O)N[C@@H]1O[C@H](C(N)=O)[C@@H](O)[C@H](O)[C@H]1O. The Hall–Kier alpha value is -6.38. The molecule has 3 aromatic carbocycles. The van der Waals surface area contributed by atoms with Crippen LogP contribution in [0.3, 0.4) is 0 Å². The van der Waals surface area contributed by atoms with Gasteiger partial charge in [-0.1, -0.05) is 93.3 Å². The molecule has 2 aliphatic rings. The Labute approximate surface area is 388 Å². The molecule has 10 atom stereocenters. The van der Waals surface area contributed by atoms with Crippen LogP contribution in [-0.2, 0) is 52.8 Å². The fraction of sp³-hybridized carbons (Fsp3) is 0.458. The van der Waals surface area contributed by atoms with Crippen LogP contribution in [0.5, 0.6) is 5.75 Å². The summed E-state index contributed by atoms with van der Waals surface area (Å²) in [6.07, 6.45) is -2.84. The minimum atomic E-state index is -1.92. The van der Waals surface area contributed by atoms with Gasteiger partial charge in [0, 0.05) is 42.9 Å². The number of aliphatic hydroxyl groups excluding tert-OH is 3. The van der Waals surface area contributed by atoms with Gasteiger partial charge in [-0.2, -0.15) is 0 Å². The summed E-state index contributed by atoms with van der Waals surface area (Å²) in [5, 5.41) is 53.0. The number of para-hydroxylation sites is 1. The fourth-order valence-corrected chi connectivity index (χ4v) is 8.58. The van der Waals surface area contributed by atoms with Crippen molar-refractivity contribution in [2.24, 2.45) is 11.5 Å². The summed E-state index contributed by atoms with van der Waals surface area (Å²) in [4.78, 5) is 87.7. The number of carbonyl (C=O) groups excluding carboxylic acids is 6. The van der Waals surface area contributed by atoms with Crippen molar-refractivity contribution < 1.29 is 53.9 Å². The van der Waals surface area contributed by atoms with Crippen LogP contribution in [0.1, 0.15) is 68.6 Å². The van der Waals surface area contributed by atoms with Gasteiger partial charge in [0.1, 0.15) is 48.2 Å². The van der Waals surface area contributed by atoms with E-state index in [0.29, 0.717) is 29.5 Å². The molecule has 4 aromatic rings. The van der Waals surface area contributed by atoms with Crippen molar-refractivity contribution in [1.29, 1.82) is 0 Å². The number of aromatic amines is 1. The molecule has 0 radical (unpaired) electrons. The number of hydrogen-bond acceptors (Lipinski definition) is 12. The average Bonchev–Trinajstić information content (AvgIpc) is 3.98. The number of phenolic OH excluding ortho intramolecular Hbond substituents is 1. The number of phenols is 1. The summed E-state index contributed by atoms with van der Waals surface area (Å²) in [7, 11) is 0. The number of H-pyrrole nitrogens is 1. The van der Waals surface area contributed by atoms with Crippen LogP contribution in [0.4, 0.5) is 0 Å². The number of aromatic nitrogens is 1. The van der Waals surface area contributed by atoms with Gasteiger partial charge in [-0.15, -0.1) is 0 Å². The number of carbonyl (C=O) groups is 6. The molecule has 19 heteroatoms. The number of hydrogen-bond donors (Lipinski definition) is 11. The number of unbranched alkanes of at least 4 members (excludes halogenated alkanes) is 3. The van der Waals surface area contributed by atoms with E-state index in [1.165, 1.54) is 17.0 Å². The maximum Gasteiger partial charge on any atom is 0.249 e. The molecule has 0 bridgehead atoms. The molecule has 6 rings (SSSR count). The number of aliphatic hydroxyl groups is 3. The summed E-state index contributed by atoms with van der Waals surface area (Å²) >= 11 is 0. The zero-order chi connectivity index (χ0) is 48.2. The molecule has 6 amide bonds. The molecule has 2 fully saturated rings. The molecule has 0 saturated carbocycles. The molecule has 3 heterocycles. The monoisotopic (exact) mass is 926 g/mol. The maximum atomic E-state index is 14.6. The van der Waals surface area contributed by atoms with Crippen LogP contribution in [0.15, 0.2) is 85.1 Å². The van der Waals surface area contributed by atoms with E-state index in [0.717, 1.165) is 36.6 Å². The number of nitrogens with one attached hydrogen (secondary N) is 5. The zero-order valence-corrected chi connectivity index (χ0v) is 37.4. The summed E-state index contributed by atoms with van der Waals surface area (Å²) in [6.45, 7) is 2.26. The van der Waals surface area contributed by atoms with Crippen molar-refractivity contribution in [3.8, 4) is 5.75 Å². The Balaban J connectivity index is 1.25. The Morgan fingerprint density at radius 2 is 1.42 bits per heavy atom. The minimum absolute atomic E-state index is 0.0234. The second-order valence-corrected chi connectivity index (χ2v) is 17.3. The number of fused-ring (bicyclic) bond motifs is 1. The minimum Gasteiger partial charge on any atom is -0.508 e. The number of nitrogens with zero attached hydrogens (tertiary/aromatic N) is 1. The molecule has 1 aromatic heterocycles. The molecule has 19 nitrogen and oxygen atoms in total. The third-order valence-electron chi connectivity index (χ3n) is 12.4. The van der Waals surface area contributed by atoms with E-state index in [-0.39, 0.29) is 38.0 Å². The van der Waals surface area contributed by atoms with E-state index in [9.17, 15) is 49.2 Å². The smallest absolute Gasteiger partial charge is 0.249 e. The first kappa shape index (κ1) is 50.0. The van der Waals surface area contributed by atoms with E-state index in [1.54, 1.807) is 48.7 Å². The summed E-state index contributed by atoms with van der Waals surface area (Å²) < 4.78 is 5.42. The largest absolute Gasteiger partial charge is 0.508 e. The molecule has 2 aliphatic heterocycles. The highest BCUT2D eigenvalue weighted by Crippen LogP contribution is 2.24.